The molecular formula is C27H27FN2O3. The largest absolute Gasteiger partial charge is 0.493 e. The highest BCUT2D eigenvalue weighted by atomic mass is 19.1. The van der Waals surface area contributed by atoms with Gasteiger partial charge in [0.1, 0.15) is 5.82 Å². The molecule has 4 aromatic rings. The van der Waals surface area contributed by atoms with Gasteiger partial charge in [0.05, 0.1) is 14.2 Å². The summed E-state index contributed by atoms with van der Waals surface area (Å²) in [5.41, 5.74) is 3.77. The van der Waals surface area contributed by atoms with Gasteiger partial charge in [0.25, 0.3) is 0 Å². The minimum atomic E-state index is -0.314. The first-order valence-electron chi connectivity index (χ1n) is 10.9. The van der Waals surface area contributed by atoms with Crippen molar-refractivity contribution in [2.24, 2.45) is 0 Å². The molecule has 0 aliphatic rings. The number of nitrogens with one attached hydrogen (secondary N) is 2. The Balaban J connectivity index is 1.48. The SMILES string of the molecule is COc1ccc(CCNC(=O)C[C@@H](c2cccc(F)c2)c2c[nH]c3ccccc23)cc1OC. The molecule has 170 valence electrons. The summed E-state index contributed by atoms with van der Waals surface area (Å²) in [7, 11) is 3.20. The minimum absolute atomic E-state index is 0.0879. The van der Waals surface area contributed by atoms with E-state index in [-0.39, 0.29) is 24.1 Å². The molecule has 1 heterocycles. The van der Waals surface area contributed by atoms with Crippen LogP contribution in [0.1, 0.15) is 29.0 Å². The number of hydrogen-bond donors (Lipinski definition) is 2. The van der Waals surface area contributed by atoms with E-state index in [1.807, 2.05) is 54.7 Å². The maximum atomic E-state index is 14.0. The molecule has 4 rings (SSSR count). The summed E-state index contributed by atoms with van der Waals surface area (Å²) in [5.74, 6) is 0.660. The number of aromatic nitrogens is 1. The van der Waals surface area contributed by atoms with Crippen LogP contribution in [0.5, 0.6) is 11.5 Å². The lowest BCUT2D eigenvalue weighted by molar-refractivity contribution is -0.121. The normalized spacial score (nSPS) is 11.8. The van der Waals surface area contributed by atoms with Crippen LogP contribution in [-0.2, 0) is 11.2 Å². The lowest BCUT2D eigenvalue weighted by atomic mass is 9.88. The van der Waals surface area contributed by atoms with Crippen LogP contribution in [0.3, 0.4) is 0 Å². The Hall–Kier alpha value is -3.80. The topological polar surface area (TPSA) is 63.3 Å². The van der Waals surface area contributed by atoms with Crippen molar-refractivity contribution in [1.82, 2.24) is 10.3 Å². The molecule has 0 fully saturated rings. The number of para-hydroxylation sites is 1. The van der Waals surface area contributed by atoms with Gasteiger partial charge in [-0.25, -0.2) is 4.39 Å². The summed E-state index contributed by atoms with van der Waals surface area (Å²) in [6.07, 6.45) is 2.79. The van der Waals surface area contributed by atoms with Crippen molar-refractivity contribution in [3.8, 4) is 11.5 Å². The summed E-state index contributed by atoms with van der Waals surface area (Å²) in [6.45, 7) is 0.484. The van der Waals surface area contributed by atoms with Crippen molar-refractivity contribution in [2.75, 3.05) is 20.8 Å². The Kier molecular flexibility index (Phi) is 6.93. The average molecular weight is 447 g/mol. The molecule has 5 nitrogen and oxygen atoms in total. The van der Waals surface area contributed by atoms with Crippen LogP contribution in [0.25, 0.3) is 10.9 Å². The van der Waals surface area contributed by atoms with Crippen molar-refractivity contribution in [3.63, 3.8) is 0 Å². The predicted molar refractivity (Wildman–Crippen MR) is 127 cm³/mol. The van der Waals surface area contributed by atoms with E-state index in [9.17, 15) is 9.18 Å². The van der Waals surface area contributed by atoms with Gasteiger partial charge >= 0.3 is 0 Å². The Labute approximate surface area is 192 Å². The lowest BCUT2D eigenvalue weighted by Gasteiger charge is -2.17. The molecule has 0 bridgehead atoms. The Morgan fingerprint density at radius 3 is 2.61 bits per heavy atom. The molecular weight excluding hydrogens is 419 g/mol. The summed E-state index contributed by atoms with van der Waals surface area (Å²) in [5, 5.41) is 4.04. The quantitative estimate of drug-likeness (QED) is 0.371. The second-order valence-corrected chi connectivity index (χ2v) is 7.89. The zero-order chi connectivity index (χ0) is 23.2. The number of benzene rings is 3. The molecule has 3 aromatic carbocycles. The van der Waals surface area contributed by atoms with E-state index >= 15 is 0 Å². The Morgan fingerprint density at radius 2 is 1.82 bits per heavy atom. The van der Waals surface area contributed by atoms with Gasteiger partial charge in [0.15, 0.2) is 11.5 Å². The molecule has 0 aliphatic heterocycles. The van der Waals surface area contributed by atoms with Gasteiger partial charge in [0.2, 0.25) is 5.91 Å². The number of amides is 1. The van der Waals surface area contributed by atoms with E-state index in [4.69, 9.17) is 9.47 Å². The van der Waals surface area contributed by atoms with Crippen molar-refractivity contribution in [1.29, 1.82) is 0 Å². The number of rotatable bonds is 9. The van der Waals surface area contributed by atoms with Crippen LogP contribution in [0.15, 0.2) is 72.9 Å². The van der Waals surface area contributed by atoms with Crippen molar-refractivity contribution in [2.45, 2.75) is 18.8 Å². The number of hydrogen-bond acceptors (Lipinski definition) is 3. The minimum Gasteiger partial charge on any atom is -0.493 e. The molecule has 1 atom stereocenters. The summed E-state index contributed by atoms with van der Waals surface area (Å²) >= 11 is 0. The Bertz CT molecular complexity index is 1250. The van der Waals surface area contributed by atoms with Crippen LogP contribution in [0.2, 0.25) is 0 Å². The molecule has 0 aliphatic carbocycles. The second kappa shape index (κ2) is 10.2. The first kappa shape index (κ1) is 22.4. The Morgan fingerprint density at radius 1 is 1.00 bits per heavy atom. The summed E-state index contributed by atoms with van der Waals surface area (Å²) in [6, 6.07) is 20.1. The molecule has 1 aromatic heterocycles. The van der Waals surface area contributed by atoms with E-state index < -0.39 is 0 Å². The predicted octanol–water partition coefficient (Wildman–Crippen LogP) is 5.21. The number of carbonyl (C=O) groups excluding carboxylic acids is 1. The average Bonchev–Trinajstić information content (AvgIpc) is 3.26. The number of ether oxygens (including phenoxy) is 2. The van der Waals surface area contributed by atoms with E-state index in [1.54, 1.807) is 20.3 Å². The van der Waals surface area contributed by atoms with E-state index in [0.717, 1.165) is 27.6 Å². The fourth-order valence-electron chi connectivity index (χ4n) is 4.15. The molecule has 1 amide bonds. The molecule has 0 saturated heterocycles. The van der Waals surface area contributed by atoms with Crippen LogP contribution in [-0.4, -0.2) is 31.7 Å². The molecule has 33 heavy (non-hydrogen) atoms. The van der Waals surface area contributed by atoms with Crippen molar-refractivity contribution < 1.29 is 18.7 Å². The molecule has 0 radical (unpaired) electrons. The second-order valence-electron chi connectivity index (χ2n) is 7.89. The first-order valence-corrected chi connectivity index (χ1v) is 10.9. The van der Waals surface area contributed by atoms with Crippen LogP contribution in [0.4, 0.5) is 4.39 Å². The van der Waals surface area contributed by atoms with Crippen LogP contribution in [0, 0.1) is 5.82 Å². The summed E-state index contributed by atoms with van der Waals surface area (Å²) < 4.78 is 24.6. The van der Waals surface area contributed by atoms with Gasteiger partial charge in [-0.2, -0.15) is 0 Å². The fraction of sp³-hybridized carbons (Fsp3) is 0.222. The standard InChI is InChI=1S/C27H27FN2O3/c1-32-25-11-10-18(14-26(25)33-2)12-13-29-27(31)16-22(19-6-5-7-20(28)15-19)23-17-30-24-9-4-3-8-21(23)24/h3-11,14-15,17,22,30H,12-13,16H2,1-2H3,(H,29,31)/t22-/m0/s1. The summed E-state index contributed by atoms with van der Waals surface area (Å²) in [4.78, 5) is 16.2. The number of aromatic amines is 1. The molecule has 0 spiro atoms. The van der Waals surface area contributed by atoms with Gasteiger partial charge in [-0.1, -0.05) is 36.4 Å². The monoisotopic (exact) mass is 446 g/mol. The van der Waals surface area contributed by atoms with E-state index in [1.165, 1.54) is 12.1 Å². The third-order valence-corrected chi connectivity index (χ3v) is 5.82. The fourth-order valence-corrected chi connectivity index (χ4v) is 4.15. The van der Waals surface area contributed by atoms with Gasteiger partial charge in [-0.15, -0.1) is 0 Å². The van der Waals surface area contributed by atoms with Crippen molar-refractivity contribution >= 4 is 16.8 Å². The maximum Gasteiger partial charge on any atom is 0.220 e. The highest BCUT2D eigenvalue weighted by Crippen LogP contribution is 2.33. The zero-order valence-electron chi connectivity index (χ0n) is 18.7. The number of fused-ring (bicyclic) bond motifs is 1. The highest BCUT2D eigenvalue weighted by Gasteiger charge is 2.22. The highest BCUT2D eigenvalue weighted by molar-refractivity contribution is 5.86. The van der Waals surface area contributed by atoms with Crippen LogP contribution < -0.4 is 14.8 Å². The number of carbonyl (C=O) groups is 1. The van der Waals surface area contributed by atoms with Gasteiger partial charge in [0, 0.05) is 36.0 Å². The molecule has 6 heteroatoms. The van der Waals surface area contributed by atoms with Gasteiger partial charge in [-0.05, 0) is 53.4 Å². The van der Waals surface area contributed by atoms with Gasteiger partial charge in [-0.3, -0.25) is 4.79 Å². The molecule has 0 saturated carbocycles. The molecule has 2 N–H and O–H groups in total. The zero-order valence-corrected chi connectivity index (χ0v) is 18.7. The van der Waals surface area contributed by atoms with E-state index in [2.05, 4.69) is 10.3 Å². The smallest absolute Gasteiger partial charge is 0.220 e. The lowest BCUT2D eigenvalue weighted by Crippen LogP contribution is -2.27. The number of halogens is 1. The first-order chi connectivity index (χ1) is 16.1. The maximum absolute atomic E-state index is 14.0. The number of H-pyrrole nitrogens is 1. The van der Waals surface area contributed by atoms with Crippen LogP contribution >= 0.6 is 0 Å². The third kappa shape index (κ3) is 5.17. The third-order valence-electron chi connectivity index (χ3n) is 5.82. The number of methoxy groups -OCH3 is 2. The molecule has 0 unspecified atom stereocenters. The van der Waals surface area contributed by atoms with Gasteiger partial charge < -0.3 is 19.8 Å². The van der Waals surface area contributed by atoms with E-state index in [0.29, 0.717) is 24.5 Å². The van der Waals surface area contributed by atoms with Crippen molar-refractivity contribution in [3.05, 3.63) is 95.4 Å².